The van der Waals surface area contributed by atoms with Gasteiger partial charge in [-0.1, -0.05) is 43.7 Å². The van der Waals surface area contributed by atoms with Gasteiger partial charge in [-0.3, -0.25) is 0 Å². The van der Waals surface area contributed by atoms with E-state index in [4.69, 9.17) is 0 Å². The van der Waals surface area contributed by atoms with Gasteiger partial charge in [-0.25, -0.2) is 0 Å². The van der Waals surface area contributed by atoms with Crippen molar-refractivity contribution in [3.8, 4) is 0 Å². The number of nitrogens with one attached hydrogen (secondary N) is 1. The van der Waals surface area contributed by atoms with E-state index < -0.39 is 6.10 Å². The summed E-state index contributed by atoms with van der Waals surface area (Å²) in [5.41, 5.74) is 2.21. The van der Waals surface area contributed by atoms with Crippen LogP contribution >= 0.6 is 0 Å². The maximum atomic E-state index is 10.3. The molecular formula is C17H30N2O. The molecule has 0 amide bonds. The number of aliphatic hydroxyl groups excluding tert-OH is 1. The monoisotopic (exact) mass is 278 g/mol. The molecule has 0 saturated carbocycles. The number of hydrogen-bond acceptors (Lipinski definition) is 3. The van der Waals surface area contributed by atoms with Gasteiger partial charge in [0.1, 0.15) is 0 Å². The van der Waals surface area contributed by atoms with Gasteiger partial charge in [0.2, 0.25) is 0 Å². The first-order chi connectivity index (χ1) is 9.58. The minimum Gasteiger partial charge on any atom is -0.387 e. The zero-order valence-corrected chi connectivity index (χ0v) is 13.4. The Balaban J connectivity index is 2.31. The molecule has 3 nitrogen and oxygen atoms in total. The van der Waals surface area contributed by atoms with Crippen molar-refractivity contribution in [2.45, 2.75) is 46.3 Å². The molecule has 0 heterocycles. The maximum absolute atomic E-state index is 10.3. The normalized spacial score (nSPS) is 14.5. The lowest BCUT2D eigenvalue weighted by Crippen LogP contribution is -2.34. The summed E-state index contributed by atoms with van der Waals surface area (Å²) in [4.78, 5) is 2.42. The van der Waals surface area contributed by atoms with Gasteiger partial charge in [0.05, 0.1) is 6.10 Å². The van der Waals surface area contributed by atoms with Crippen LogP contribution in [0.5, 0.6) is 0 Å². The molecule has 1 rings (SSSR count). The highest BCUT2D eigenvalue weighted by atomic mass is 16.3. The van der Waals surface area contributed by atoms with Crippen LogP contribution in [0.4, 0.5) is 0 Å². The number of benzene rings is 1. The Bertz CT molecular complexity index is 360. The highest BCUT2D eigenvalue weighted by molar-refractivity contribution is 5.23. The van der Waals surface area contributed by atoms with Crippen LogP contribution < -0.4 is 5.32 Å². The van der Waals surface area contributed by atoms with Crippen LogP contribution in [0, 0.1) is 6.92 Å². The molecule has 0 fully saturated rings. The SMILES string of the molecule is CCN(CC)CCCNC(C)C(O)c1ccc(C)cc1. The zero-order chi connectivity index (χ0) is 15.0. The molecule has 2 atom stereocenters. The number of hydrogen-bond donors (Lipinski definition) is 2. The van der Waals surface area contributed by atoms with Gasteiger partial charge in [-0.05, 0) is 52.0 Å². The van der Waals surface area contributed by atoms with E-state index in [0.717, 1.165) is 38.2 Å². The Kier molecular flexibility index (Phi) is 7.82. The zero-order valence-electron chi connectivity index (χ0n) is 13.4. The molecule has 0 spiro atoms. The summed E-state index contributed by atoms with van der Waals surface area (Å²) in [6.07, 6.45) is 0.677. The molecule has 114 valence electrons. The Morgan fingerprint density at radius 3 is 2.30 bits per heavy atom. The van der Waals surface area contributed by atoms with Gasteiger partial charge in [0.25, 0.3) is 0 Å². The summed E-state index contributed by atoms with van der Waals surface area (Å²) < 4.78 is 0. The minimum atomic E-state index is -0.441. The standard InChI is InChI=1S/C17H30N2O/c1-5-19(6-2)13-7-12-18-15(4)17(20)16-10-8-14(3)9-11-16/h8-11,15,17-18,20H,5-7,12-13H2,1-4H3. The van der Waals surface area contributed by atoms with Crippen LogP contribution in [0.2, 0.25) is 0 Å². The topological polar surface area (TPSA) is 35.5 Å². The number of rotatable bonds is 9. The Labute approximate surface area is 124 Å². The number of aliphatic hydroxyl groups is 1. The largest absolute Gasteiger partial charge is 0.387 e. The summed E-state index contributed by atoms with van der Waals surface area (Å²) in [6, 6.07) is 8.19. The first-order valence-corrected chi connectivity index (χ1v) is 7.78. The summed E-state index contributed by atoms with van der Waals surface area (Å²) >= 11 is 0. The third-order valence-corrected chi connectivity index (χ3v) is 3.90. The maximum Gasteiger partial charge on any atom is 0.0940 e. The van der Waals surface area contributed by atoms with Crippen LogP contribution in [0.15, 0.2) is 24.3 Å². The van der Waals surface area contributed by atoms with Gasteiger partial charge in [-0.2, -0.15) is 0 Å². The molecule has 3 heteroatoms. The van der Waals surface area contributed by atoms with Gasteiger partial charge in [0.15, 0.2) is 0 Å². The Hall–Kier alpha value is -0.900. The van der Waals surface area contributed by atoms with Crippen molar-refractivity contribution in [2.24, 2.45) is 0 Å². The fourth-order valence-corrected chi connectivity index (χ4v) is 2.34. The van der Waals surface area contributed by atoms with Gasteiger partial charge in [0, 0.05) is 6.04 Å². The van der Waals surface area contributed by atoms with Crippen molar-refractivity contribution >= 4 is 0 Å². The van der Waals surface area contributed by atoms with E-state index in [-0.39, 0.29) is 6.04 Å². The molecule has 0 aliphatic heterocycles. The highest BCUT2D eigenvalue weighted by Crippen LogP contribution is 2.17. The summed E-state index contributed by atoms with van der Waals surface area (Å²) in [7, 11) is 0. The van der Waals surface area contributed by atoms with Crippen LogP contribution in [-0.2, 0) is 0 Å². The molecule has 2 unspecified atom stereocenters. The van der Waals surface area contributed by atoms with Crippen LogP contribution in [0.25, 0.3) is 0 Å². The van der Waals surface area contributed by atoms with Crippen molar-refractivity contribution in [1.29, 1.82) is 0 Å². The molecule has 0 saturated heterocycles. The fourth-order valence-electron chi connectivity index (χ4n) is 2.34. The molecule has 0 aliphatic carbocycles. The molecule has 0 radical (unpaired) electrons. The van der Waals surface area contributed by atoms with Crippen molar-refractivity contribution in [2.75, 3.05) is 26.2 Å². The van der Waals surface area contributed by atoms with E-state index in [1.165, 1.54) is 5.56 Å². The fraction of sp³-hybridized carbons (Fsp3) is 0.647. The van der Waals surface area contributed by atoms with Crippen LogP contribution in [-0.4, -0.2) is 42.2 Å². The summed E-state index contributed by atoms with van der Waals surface area (Å²) in [6.45, 7) is 12.8. The third kappa shape index (κ3) is 5.61. The molecule has 1 aromatic rings. The van der Waals surface area contributed by atoms with E-state index in [9.17, 15) is 5.11 Å². The lowest BCUT2D eigenvalue weighted by molar-refractivity contribution is 0.135. The lowest BCUT2D eigenvalue weighted by atomic mass is 10.0. The number of aryl methyl sites for hydroxylation is 1. The van der Waals surface area contributed by atoms with Crippen molar-refractivity contribution in [1.82, 2.24) is 10.2 Å². The first kappa shape index (κ1) is 17.2. The Morgan fingerprint density at radius 1 is 1.15 bits per heavy atom. The molecule has 20 heavy (non-hydrogen) atoms. The smallest absolute Gasteiger partial charge is 0.0940 e. The summed E-state index contributed by atoms with van der Waals surface area (Å²) in [5, 5.41) is 13.7. The van der Waals surface area contributed by atoms with Crippen molar-refractivity contribution in [3.63, 3.8) is 0 Å². The molecule has 1 aromatic carbocycles. The molecule has 0 aliphatic rings. The average Bonchev–Trinajstić information content (AvgIpc) is 2.47. The third-order valence-electron chi connectivity index (χ3n) is 3.90. The highest BCUT2D eigenvalue weighted by Gasteiger charge is 2.15. The molecule has 0 aromatic heterocycles. The molecule has 0 bridgehead atoms. The molecular weight excluding hydrogens is 248 g/mol. The van der Waals surface area contributed by atoms with E-state index in [0.29, 0.717) is 0 Å². The second-order valence-corrected chi connectivity index (χ2v) is 5.48. The van der Waals surface area contributed by atoms with Gasteiger partial charge < -0.3 is 15.3 Å². The predicted octanol–water partition coefficient (Wildman–Crippen LogP) is 2.74. The summed E-state index contributed by atoms with van der Waals surface area (Å²) in [5.74, 6) is 0. The van der Waals surface area contributed by atoms with E-state index >= 15 is 0 Å². The second-order valence-electron chi connectivity index (χ2n) is 5.48. The molecule has 2 N–H and O–H groups in total. The van der Waals surface area contributed by atoms with Crippen LogP contribution in [0.1, 0.15) is 44.4 Å². The van der Waals surface area contributed by atoms with Gasteiger partial charge >= 0.3 is 0 Å². The van der Waals surface area contributed by atoms with Crippen molar-refractivity contribution < 1.29 is 5.11 Å². The van der Waals surface area contributed by atoms with Crippen molar-refractivity contribution in [3.05, 3.63) is 35.4 Å². The van der Waals surface area contributed by atoms with E-state index in [1.54, 1.807) is 0 Å². The predicted molar refractivity (Wildman–Crippen MR) is 86.0 cm³/mol. The minimum absolute atomic E-state index is 0.0782. The first-order valence-electron chi connectivity index (χ1n) is 7.78. The quantitative estimate of drug-likeness (QED) is 0.682. The van der Waals surface area contributed by atoms with E-state index in [2.05, 4.69) is 31.0 Å². The lowest BCUT2D eigenvalue weighted by Gasteiger charge is -2.22. The number of nitrogens with zero attached hydrogens (tertiary/aromatic N) is 1. The van der Waals surface area contributed by atoms with Crippen LogP contribution in [0.3, 0.4) is 0 Å². The van der Waals surface area contributed by atoms with Gasteiger partial charge in [-0.15, -0.1) is 0 Å². The Morgan fingerprint density at radius 2 is 1.75 bits per heavy atom. The second kappa shape index (κ2) is 9.11. The van der Waals surface area contributed by atoms with E-state index in [1.807, 2.05) is 31.2 Å². The average molecular weight is 278 g/mol.